The minimum absolute atomic E-state index is 0. The molecule has 0 bridgehead atoms. The summed E-state index contributed by atoms with van der Waals surface area (Å²) in [5.41, 5.74) is 0. The number of hydrogen-bond acceptors (Lipinski definition) is 6. The highest BCUT2D eigenvalue weighted by Gasteiger charge is 2.22. The molecule has 0 N–H and O–H groups in total. The predicted octanol–water partition coefficient (Wildman–Crippen LogP) is 0.378. The molecule has 0 unspecified atom stereocenters. The molecule has 0 spiro atoms. The summed E-state index contributed by atoms with van der Waals surface area (Å²) >= 11 is 0. The number of aliphatic imine (C=N–C) groups is 2. The van der Waals surface area contributed by atoms with Crippen molar-refractivity contribution in [1.82, 2.24) is 9.80 Å². The van der Waals surface area contributed by atoms with Crippen molar-refractivity contribution < 1.29 is 9.59 Å². The molecule has 0 aromatic heterocycles. The first kappa shape index (κ1) is 15.2. The van der Waals surface area contributed by atoms with E-state index in [0.717, 1.165) is 0 Å². The molecule has 1 rings (SSSR count). The van der Waals surface area contributed by atoms with E-state index in [1.165, 1.54) is 12.2 Å². The molecule has 0 radical (unpaired) electrons. The van der Waals surface area contributed by atoms with Crippen LogP contribution in [-0.4, -0.2) is 48.6 Å². The van der Waals surface area contributed by atoms with Gasteiger partial charge in [-0.3, -0.25) is 9.80 Å². The Morgan fingerprint density at radius 2 is 1.29 bits per heavy atom. The number of rotatable bonds is 4. The zero-order chi connectivity index (χ0) is 8.81. The molecule has 0 aromatic rings. The van der Waals surface area contributed by atoms with Crippen LogP contribution in [0.3, 0.4) is 0 Å². The second kappa shape index (κ2) is 8.29. The molecule has 14 heavy (non-hydrogen) atoms. The molecular weight excluding hydrogens is 184 g/mol. The number of hydrogen-bond donors (Lipinski definition) is 0. The summed E-state index contributed by atoms with van der Waals surface area (Å²) < 4.78 is 0. The molecule has 1 heterocycles. The topological polar surface area (TPSA) is 65.3 Å². The van der Waals surface area contributed by atoms with Crippen molar-refractivity contribution in [3.05, 3.63) is 0 Å². The van der Waals surface area contributed by atoms with Gasteiger partial charge >= 0.3 is 0 Å². The average Bonchev–Trinajstić information content (AvgIpc) is 2.01. The summed E-state index contributed by atoms with van der Waals surface area (Å²) in [6.45, 7) is 2.09. The van der Waals surface area contributed by atoms with Crippen LogP contribution in [0.25, 0.3) is 0 Å². The van der Waals surface area contributed by atoms with Gasteiger partial charge in [0.1, 0.15) is 13.3 Å². The summed E-state index contributed by atoms with van der Waals surface area (Å²) in [6.07, 6.45) is 2.91. The second-order valence-corrected chi connectivity index (χ2v) is 2.41. The minimum atomic E-state index is 0. The third kappa shape index (κ3) is 4.64. The van der Waals surface area contributed by atoms with Crippen LogP contribution in [0.1, 0.15) is 14.9 Å². The van der Waals surface area contributed by atoms with Gasteiger partial charge in [-0.05, 0) is 0 Å². The highest BCUT2D eigenvalue weighted by atomic mass is 16.1. The Bertz CT molecular complexity index is 214. The van der Waals surface area contributed by atoms with Crippen molar-refractivity contribution in [2.75, 3.05) is 26.7 Å². The van der Waals surface area contributed by atoms with Crippen molar-refractivity contribution in [3.8, 4) is 0 Å². The van der Waals surface area contributed by atoms with Gasteiger partial charge in [-0.25, -0.2) is 9.59 Å². The molecule has 0 aromatic carbocycles. The maximum Gasteiger partial charge on any atom is 0.236 e. The Hall–Kier alpha value is -1.32. The fourth-order valence-electron chi connectivity index (χ4n) is 0.961. The molecular formula is C8H16N4O2. The Morgan fingerprint density at radius 3 is 1.57 bits per heavy atom. The monoisotopic (exact) mass is 200 g/mol. The second-order valence-electron chi connectivity index (χ2n) is 2.41. The lowest BCUT2D eigenvalue weighted by molar-refractivity contribution is -0.0245. The van der Waals surface area contributed by atoms with Gasteiger partial charge in [0.2, 0.25) is 12.2 Å². The first-order valence-corrected chi connectivity index (χ1v) is 3.39. The molecule has 1 saturated heterocycles. The summed E-state index contributed by atoms with van der Waals surface area (Å²) in [6, 6.07) is 0. The number of nitrogens with zero attached hydrogens (tertiary/aromatic N) is 4. The summed E-state index contributed by atoms with van der Waals surface area (Å²) in [5, 5.41) is 0. The molecule has 1 fully saturated rings. The van der Waals surface area contributed by atoms with Crippen LogP contribution in [0.5, 0.6) is 0 Å². The van der Waals surface area contributed by atoms with Gasteiger partial charge in [0.05, 0.1) is 13.3 Å². The van der Waals surface area contributed by atoms with E-state index in [1.807, 2.05) is 9.80 Å². The standard InChI is InChI=1S/C6H8N4O2.2CH4/c11-3-7-1-9-5-10(6-9)2-8-4-12;;/h1-2,5-6H2;2*1H4. The van der Waals surface area contributed by atoms with Crippen LogP contribution in [0.4, 0.5) is 0 Å². The highest BCUT2D eigenvalue weighted by Crippen LogP contribution is 2.06. The van der Waals surface area contributed by atoms with Crippen molar-refractivity contribution in [3.63, 3.8) is 0 Å². The SMILES string of the molecule is C.C.O=C=NCN1CN(CN=C=O)C1. The van der Waals surface area contributed by atoms with Crippen LogP contribution in [-0.2, 0) is 9.59 Å². The predicted molar refractivity (Wildman–Crippen MR) is 52.9 cm³/mol. The molecule has 0 atom stereocenters. The maximum absolute atomic E-state index is 9.70. The Morgan fingerprint density at radius 1 is 0.929 bits per heavy atom. The van der Waals surface area contributed by atoms with Crippen LogP contribution < -0.4 is 0 Å². The van der Waals surface area contributed by atoms with Crippen LogP contribution in [0, 0.1) is 0 Å². The van der Waals surface area contributed by atoms with E-state index in [0.29, 0.717) is 26.7 Å². The Kier molecular flexibility index (Phi) is 8.98. The van der Waals surface area contributed by atoms with Gasteiger partial charge in [0.15, 0.2) is 0 Å². The lowest BCUT2D eigenvalue weighted by Gasteiger charge is -2.39. The smallest absolute Gasteiger partial charge is 0.236 e. The highest BCUT2D eigenvalue weighted by molar-refractivity contribution is 5.33. The molecule has 6 heteroatoms. The van der Waals surface area contributed by atoms with Gasteiger partial charge in [0, 0.05) is 0 Å². The van der Waals surface area contributed by atoms with E-state index in [2.05, 4.69) is 9.98 Å². The van der Waals surface area contributed by atoms with E-state index < -0.39 is 0 Å². The summed E-state index contributed by atoms with van der Waals surface area (Å²) in [7, 11) is 0. The molecule has 1 aliphatic heterocycles. The fraction of sp³-hybridized carbons (Fsp3) is 0.750. The van der Waals surface area contributed by atoms with E-state index in [4.69, 9.17) is 0 Å². The average molecular weight is 200 g/mol. The van der Waals surface area contributed by atoms with E-state index in [-0.39, 0.29) is 14.9 Å². The molecule has 0 saturated carbocycles. The number of isocyanates is 2. The van der Waals surface area contributed by atoms with E-state index in [1.54, 1.807) is 0 Å². The fourth-order valence-corrected chi connectivity index (χ4v) is 0.961. The lowest BCUT2D eigenvalue weighted by Crippen LogP contribution is -2.54. The lowest BCUT2D eigenvalue weighted by atomic mass is 10.5. The van der Waals surface area contributed by atoms with E-state index in [9.17, 15) is 9.59 Å². The molecule has 1 aliphatic rings. The largest absolute Gasteiger partial charge is 0.257 e. The van der Waals surface area contributed by atoms with Crippen molar-refractivity contribution in [2.24, 2.45) is 9.98 Å². The maximum atomic E-state index is 9.70. The first-order valence-electron chi connectivity index (χ1n) is 3.39. The Balaban J connectivity index is 0. The number of carbonyl (C=O) groups excluding carboxylic acids is 2. The normalized spacial score (nSPS) is 14.9. The Labute approximate surface area is 83.9 Å². The van der Waals surface area contributed by atoms with Crippen LogP contribution in [0.15, 0.2) is 9.98 Å². The summed E-state index contributed by atoms with van der Waals surface area (Å²) in [5.74, 6) is 0. The van der Waals surface area contributed by atoms with Gasteiger partial charge < -0.3 is 0 Å². The summed E-state index contributed by atoms with van der Waals surface area (Å²) in [4.78, 5) is 30.0. The first-order chi connectivity index (χ1) is 5.86. The minimum Gasteiger partial charge on any atom is -0.257 e. The third-order valence-electron chi connectivity index (χ3n) is 1.47. The zero-order valence-corrected chi connectivity index (χ0v) is 6.43. The van der Waals surface area contributed by atoms with Gasteiger partial charge in [0.25, 0.3) is 0 Å². The molecule has 0 aliphatic carbocycles. The molecule has 80 valence electrons. The van der Waals surface area contributed by atoms with Crippen LogP contribution >= 0.6 is 0 Å². The van der Waals surface area contributed by atoms with Gasteiger partial charge in [-0.2, -0.15) is 9.98 Å². The van der Waals surface area contributed by atoms with Crippen LogP contribution in [0.2, 0.25) is 0 Å². The quantitative estimate of drug-likeness (QED) is 0.486. The third-order valence-corrected chi connectivity index (χ3v) is 1.47. The zero-order valence-electron chi connectivity index (χ0n) is 6.43. The van der Waals surface area contributed by atoms with Crippen molar-refractivity contribution in [2.45, 2.75) is 14.9 Å². The van der Waals surface area contributed by atoms with Gasteiger partial charge in [-0.15, -0.1) is 0 Å². The van der Waals surface area contributed by atoms with Crippen molar-refractivity contribution in [1.29, 1.82) is 0 Å². The van der Waals surface area contributed by atoms with E-state index >= 15 is 0 Å². The van der Waals surface area contributed by atoms with Gasteiger partial charge in [-0.1, -0.05) is 14.9 Å². The van der Waals surface area contributed by atoms with Crippen molar-refractivity contribution >= 4 is 12.2 Å². The molecule has 6 nitrogen and oxygen atoms in total. The molecule has 0 amide bonds.